The van der Waals surface area contributed by atoms with Crippen LogP contribution < -0.4 is 19.9 Å². The van der Waals surface area contributed by atoms with Gasteiger partial charge < -0.3 is 24.7 Å². The fourth-order valence-corrected chi connectivity index (χ4v) is 3.41. The van der Waals surface area contributed by atoms with Crippen LogP contribution in [-0.4, -0.2) is 35.6 Å². The molecule has 1 fully saturated rings. The van der Waals surface area contributed by atoms with Gasteiger partial charge in [-0.15, -0.1) is 5.10 Å². The third-order valence-electron chi connectivity index (χ3n) is 3.91. The van der Waals surface area contributed by atoms with Gasteiger partial charge in [-0.2, -0.15) is 5.10 Å². The van der Waals surface area contributed by atoms with E-state index in [-0.39, 0.29) is 11.6 Å². The monoisotopic (exact) mass is 412 g/mol. The van der Waals surface area contributed by atoms with Crippen LogP contribution in [0.3, 0.4) is 0 Å². The van der Waals surface area contributed by atoms with Crippen molar-refractivity contribution in [2.45, 2.75) is 18.3 Å². The van der Waals surface area contributed by atoms with Gasteiger partial charge in [0.25, 0.3) is 0 Å². The highest BCUT2D eigenvalue weighted by Crippen LogP contribution is 2.28. The normalized spacial score (nSPS) is 17.5. The number of carboxylic acids is 1. The van der Waals surface area contributed by atoms with Gasteiger partial charge in [0.15, 0.2) is 16.7 Å². The quantitative estimate of drug-likeness (QED) is 0.517. The first-order valence-corrected chi connectivity index (χ1v) is 9.56. The van der Waals surface area contributed by atoms with E-state index >= 15 is 0 Å². The number of hydrogen-bond acceptors (Lipinski definition) is 8. The molecule has 150 valence electrons. The Morgan fingerprint density at radius 3 is 2.76 bits per heavy atom. The van der Waals surface area contributed by atoms with Crippen LogP contribution in [0.5, 0.6) is 11.5 Å². The highest BCUT2D eigenvalue weighted by atomic mass is 32.2. The summed E-state index contributed by atoms with van der Waals surface area (Å²) in [6.45, 7) is 0.419. The molecule has 9 heteroatoms. The summed E-state index contributed by atoms with van der Waals surface area (Å²) in [4.78, 5) is 22.3. The molecular formula is C20H18N3O5S-. The molecule has 1 heterocycles. The molecule has 1 aliphatic rings. The van der Waals surface area contributed by atoms with Gasteiger partial charge in [-0.3, -0.25) is 4.79 Å². The van der Waals surface area contributed by atoms with Crippen molar-refractivity contribution in [3.05, 3.63) is 59.7 Å². The molecule has 29 heavy (non-hydrogen) atoms. The Kier molecular flexibility index (Phi) is 6.85. The maximum atomic E-state index is 11.7. The van der Waals surface area contributed by atoms with E-state index in [1.54, 1.807) is 25.3 Å². The van der Waals surface area contributed by atoms with E-state index in [0.717, 1.165) is 22.9 Å². The summed E-state index contributed by atoms with van der Waals surface area (Å²) in [5.74, 6) is -0.558. The molecule has 1 saturated heterocycles. The first-order valence-electron chi connectivity index (χ1n) is 8.68. The minimum atomic E-state index is -1.29. The van der Waals surface area contributed by atoms with Crippen LogP contribution in [0.15, 0.2) is 58.7 Å². The van der Waals surface area contributed by atoms with E-state index in [0.29, 0.717) is 18.1 Å². The van der Waals surface area contributed by atoms with Gasteiger partial charge in [-0.1, -0.05) is 42.1 Å². The Labute approximate surface area is 171 Å². The Morgan fingerprint density at radius 1 is 1.24 bits per heavy atom. The number of benzene rings is 2. The number of amides is 1. The lowest BCUT2D eigenvalue weighted by atomic mass is 10.2. The van der Waals surface area contributed by atoms with Crippen molar-refractivity contribution in [2.24, 2.45) is 10.2 Å². The predicted molar refractivity (Wildman–Crippen MR) is 108 cm³/mol. The van der Waals surface area contributed by atoms with Crippen molar-refractivity contribution >= 4 is 35.0 Å². The zero-order chi connectivity index (χ0) is 20.6. The number of nitrogens with one attached hydrogen (secondary N) is 1. The van der Waals surface area contributed by atoms with Crippen LogP contribution >= 0.6 is 11.8 Å². The summed E-state index contributed by atoms with van der Waals surface area (Å²) in [5.41, 5.74) is 1.77. The number of hydrogen-bond donors (Lipinski definition) is 1. The highest BCUT2D eigenvalue weighted by molar-refractivity contribution is 8.15. The van der Waals surface area contributed by atoms with Crippen molar-refractivity contribution < 1.29 is 24.2 Å². The number of thioether (sulfide) groups is 1. The second kappa shape index (κ2) is 9.74. The number of methoxy groups -OCH3 is 1. The Balaban J connectivity index is 1.62. The summed E-state index contributed by atoms with van der Waals surface area (Å²) in [6.07, 6.45) is 1.12. The van der Waals surface area contributed by atoms with Crippen molar-refractivity contribution in [3.8, 4) is 11.5 Å². The third-order valence-corrected chi connectivity index (χ3v) is 4.98. The number of rotatable bonds is 8. The van der Waals surface area contributed by atoms with Gasteiger partial charge in [0.2, 0.25) is 5.91 Å². The number of carbonyl (C=O) groups is 2. The first-order chi connectivity index (χ1) is 14.0. The molecule has 2 aromatic carbocycles. The average Bonchev–Trinajstić information content (AvgIpc) is 3.06. The van der Waals surface area contributed by atoms with Crippen molar-refractivity contribution in [2.75, 3.05) is 7.11 Å². The largest absolute Gasteiger partial charge is 0.550 e. The highest BCUT2D eigenvalue weighted by Gasteiger charge is 2.30. The van der Waals surface area contributed by atoms with Gasteiger partial charge in [-0.25, -0.2) is 0 Å². The van der Waals surface area contributed by atoms with E-state index in [4.69, 9.17) is 9.47 Å². The zero-order valence-electron chi connectivity index (χ0n) is 15.5. The molecule has 1 amide bonds. The summed E-state index contributed by atoms with van der Waals surface area (Å²) >= 11 is 1.01. The SMILES string of the molecule is COc1cc(/C=N\N=C2/NC(=O)[C@H](CC(=O)[O-])S2)ccc1OCc1ccccc1. The molecule has 1 N–H and O–H groups in total. The second-order valence-corrected chi connectivity index (χ2v) is 7.20. The van der Waals surface area contributed by atoms with Gasteiger partial charge in [-0.05, 0) is 29.3 Å². The van der Waals surface area contributed by atoms with E-state index in [2.05, 4.69) is 15.5 Å². The molecule has 2 aromatic rings. The van der Waals surface area contributed by atoms with E-state index in [9.17, 15) is 14.7 Å². The van der Waals surface area contributed by atoms with Gasteiger partial charge in [0.05, 0.1) is 18.6 Å². The van der Waals surface area contributed by atoms with Crippen molar-refractivity contribution in [3.63, 3.8) is 0 Å². The lowest BCUT2D eigenvalue weighted by Gasteiger charge is -2.11. The lowest BCUT2D eigenvalue weighted by molar-refractivity contribution is -0.305. The van der Waals surface area contributed by atoms with Crippen molar-refractivity contribution in [1.29, 1.82) is 0 Å². The Morgan fingerprint density at radius 2 is 2.03 bits per heavy atom. The van der Waals surface area contributed by atoms with E-state index in [1.165, 1.54) is 6.21 Å². The maximum Gasteiger partial charge on any atom is 0.239 e. The number of ether oxygens (including phenoxy) is 2. The zero-order valence-corrected chi connectivity index (χ0v) is 16.3. The predicted octanol–water partition coefficient (Wildman–Crippen LogP) is 1.34. The van der Waals surface area contributed by atoms with Gasteiger partial charge >= 0.3 is 0 Å². The summed E-state index contributed by atoms with van der Waals surface area (Å²) in [7, 11) is 1.55. The second-order valence-electron chi connectivity index (χ2n) is 6.01. The van der Waals surface area contributed by atoms with Gasteiger partial charge in [0.1, 0.15) is 6.61 Å². The van der Waals surface area contributed by atoms with Crippen LogP contribution in [0.2, 0.25) is 0 Å². The molecular weight excluding hydrogens is 394 g/mol. The maximum absolute atomic E-state index is 11.7. The summed E-state index contributed by atoms with van der Waals surface area (Å²) in [6, 6.07) is 15.1. The van der Waals surface area contributed by atoms with E-state index in [1.807, 2.05) is 30.3 Å². The third kappa shape index (κ3) is 5.82. The molecule has 8 nitrogen and oxygen atoms in total. The number of amidine groups is 1. The Hall–Kier alpha value is -3.33. The molecule has 0 radical (unpaired) electrons. The number of aliphatic carboxylic acids is 1. The lowest BCUT2D eigenvalue weighted by Crippen LogP contribution is -2.31. The van der Waals surface area contributed by atoms with Crippen molar-refractivity contribution in [1.82, 2.24) is 5.32 Å². The van der Waals surface area contributed by atoms with Crippen LogP contribution in [-0.2, 0) is 16.2 Å². The molecule has 1 aliphatic heterocycles. The molecule has 3 rings (SSSR count). The first kappa shape index (κ1) is 20.4. The van der Waals surface area contributed by atoms with Crippen LogP contribution in [0.1, 0.15) is 17.5 Å². The fraction of sp³-hybridized carbons (Fsp3) is 0.200. The number of carboxylic acid groups (broad SMARTS) is 1. The molecule has 0 unspecified atom stereocenters. The number of nitrogens with zero attached hydrogens (tertiary/aromatic N) is 2. The minimum absolute atomic E-state index is 0.243. The van der Waals surface area contributed by atoms with Crippen LogP contribution in [0, 0.1) is 0 Å². The molecule has 0 aliphatic carbocycles. The number of carbonyl (C=O) groups excluding carboxylic acids is 2. The van der Waals surface area contributed by atoms with E-state index < -0.39 is 17.1 Å². The van der Waals surface area contributed by atoms with Gasteiger partial charge in [0, 0.05) is 12.4 Å². The molecule has 0 aromatic heterocycles. The smallest absolute Gasteiger partial charge is 0.239 e. The molecule has 1 atom stereocenters. The fourth-order valence-electron chi connectivity index (χ4n) is 2.50. The molecule has 0 spiro atoms. The standard InChI is InChI=1S/C20H19N3O5S/c1-27-16-9-14(7-8-15(16)28-12-13-5-3-2-4-6-13)11-21-23-20-22-19(26)17(29-20)10-18(24)25/h2-9,11,17H,10,12H2,1H3,(H,24,25)(H,22,23,26)/p-1/b21-11-/t17-/m0/s1. The Bertz CT molecular complexity index is 946. The topological polar surface area (TPSA) is 112 Å². The summed E-state index contributed by atoms with van der Waals surface area (Å²) in [5, 5.41) is 20.4. The molecule has 0 saturated carbocycles. The van der Waals surface area contributed by atoms with Crippen LogP contribution in [0.25, 0.3) is 0 Å². The average molecular weight is 412 g/mol. The minimum Gasteiger partial charge on any atom is -0.550 e. The molecule has 0 bridgehead atoms. The summed E-state index contributed by atoms with van der Waals surface area (Å²) < 4.78 is 11.2. The van der Waals surface area contributed by atoms with Crippen LogP contribution in [0.4, 0.5) is 0 Å².